The van der Waals surface area contributed by atoms with Crippen LogP contribution in [-0.4, -0.2) is 54.8 Å². The summed E-state index contributed by atoms with van der Waals surface area (Å²) in [5.41, 5.74) is 10.3. The number of rotatable bonds is 8. The maximum Gasteiger partial charge on any atom is 0.256 e. The van der Waals surface area contributed by atoms with Crippen LogP contribution in [-0.2, 0) is 11.3 Å². The Morgan fingerprint density at radius 1 is 1.26 bits per heavy atom. The number of likely N-dealkylation sites (N-methyl/N-ethyl adjacent to an activating group) is 1. The summed E-state index contributed by atoms with van der Waals surface area (Å²) < 4.78 is 0. The topological polar surface area (TPSA) is 105 Å². The zero-order valence-corrected chi connectivity index (χ0v) is 18.5. The van der Waals surface area contributed by atoms with Gasteiger partial charge in [-0.1, -0.05) is 24.8 Å². The van der Waals surface area contributed by atoms with E-state index in [4.69, 9.17) is 5.73 Å². The van der Waals surface area contributed by atoms with Gasteiger partial charge in [0.2, 0.25) is 5.91 Å². The first-order valence-electron chi connectivity index (χ1n) is 9.85. The lowest BCUT2D eigenvalue weighted by molar-refractivity contribution is -0.117. The number of amides is 3. The van der Waals surface area contributed by atoms with E-state index < -0.39 is 0 Å². The SMILES string of the molecule is C=C(CN1Cc2c(-c3cccc(C(=O)NCCSC)c3)ccc(N)c2C1=O)C(=O)NC. The van der Waals surface area contributed by atoms with E-state index in [2.05, 4.69) is 17.2 Å². The van der Waals surface area contributed by atoms with Crippen LogP contribution in [0.4, 0.5) is 5.69 Å². The fourth-order valence-corrected chi connectivity index (χ4v) is 3.88. The van der Waals surface area contributed by atoms with Gasteiger partial charge in [-0.05, 0) is 41.1 Å². The van der Waals surface area contributed by atoms with Crippen molar-refractivity contribution in [2.75, 3.05) is 37.9 Å². The van der Waals surface area contributed by atoms with Crippen molar-refractivity contribution in [1.29, 1.82) is 0 Å². The molecular weight excluding hydrogens is 412 g/mol. The predicted molar refractivity (Wildman–Crippen MR) is 125 cm³/mol. The summed E-state index contributed by atoms with van der Waals surface area (Å²) in [6, 6.07) is 10.9. The van der Waals surface area contributed by atoms with Crippen molar-refractivity contribution in [2.24, 2.45) is 0 Å². The molecule has 0 aromatic heterocycles. The Morgan fingerprint density at radius 2 is 2.03 bits per heavy atom. The average molecular weight is 439 g/mol. The monoisotopic (exact) mass is 438 g/mol. The number of anilines is 1. The van der Waals surface area contributed by atoms with E-state index in [1.54, 1.807) is 28.8 Å². The van der Waals surface area contributed by atoms with Gasteiger partial charge in [-0.3, -0.25) is 14.4 Å². The summed E-state index contributed by atoms with van der Waals surface area (Å²) in [6.45, 7) is 4.79. The zero-order valence-electron chi connectivity index (χ0n) is 17.7. The highest BCUT2D eigenvalue weighted by Gasteiger charge is 2.32. The number of nitrogens with two attached hydrogens (primary N) is 1. The molecule has 0 aliphatic carbocycles. The third kappa shape index (κ3) is 4.74. The molecule has 4 N–H and O–H groups in total. The van der Waals surface area contributed by atoms with Gasteiger partial charge in [0, 0.05) is 42.7 Å². The van der Waals surface area contributed by atoms with Gasteiger partial charge in [-0.2, -0.15) is 11.8 Å². The van der Waals surface area contributed by atoms with Crippen LogP contribution < -0.4 is 16.4 Å². The van der Waals surface area contributed by atoms with Crippen LogP contribution in [0.25, 0.3) is 11.1 Å². The number of nitrogens with zero attached hydrogens (tertiary/aromatic N) is 1. The number of thioether (sulfide) groups is 1. The smallest absolute Gasteiger partial charge is 0.256 e. The van der Waals surface area contributed by atoms with E-state index in [9.17, 15) is 14.4 Å². The number of carbonyl (C=O) groups excluding carboxylic acids is 3. The summed E-state index contributed by atoms with van der Waals surface area (Å²) in [6.07, 6.45) is 1.99. The maximum absolute atomic E-state index is 13.0. The van der Waals surface area contributed by atoms with Gasteiger partial charge in [0.25, 0.3) is 11.8 Å². The van der Waals surface area contributed by atoms with Crippen LogP contribution in [0.1, 0.15) is 26.3 Å². The molecule has 3 rings (SSSR count). The van der Waals surface area contributed by atoms with Gasteiger partial charge in [0.05, 0.1) is 12.1 Å². The second-order valence-electron chi connectivity index (χ2n) is 7.23. The van der Waals surface area contributed by atoms with Crippen molar-refractivity contribution < 1.29 is 14.4 Å². The molecule has 1 aliphatic heterocycles. The number of hydrogen-bond donors (Lipinski definition) is 3. The van der Waals surface area contributed by atoms with E-state index >= 15 is 0 Å². The fraction of sp³-hybridized carbons (Fsp3) is 0.261. The lowest BCUT2D eigenvalue weighted by Crippen LogP contribution is -2.31. The summed E-state index contributed by atoms with van der Waals surface area (Å²) in [7, 11) is 1.52. The lowest BCUT2D eigenvalue weighted by Gasteiger charge is -2.16. The third-order valence-corrected chi connectivity index (χ3v) is 5.76. The molecule has 0 saturated heterocycles. The molecule has 2 aromatic rings. The Bertz CT molecular complexity index is 1050. The normalized spacial score (nSPS) is 12.5. The number of nitrogens with one attached hydrogen (secondary N) is 2. The molecule has 31 heavy (non-hydrogen) atoms. The lowest BCUT2D eigenvalue weighted by atomic mass is 9.94. The van der Waals surface area contributed by atoms with Gasteiger partial charge >= 0.3 is 0 Å². The summed E-state index contributed by atoms with van der Waals surface area (Å²) >= 11 is 1.67. The zero-order chi connectivity index (χ0) is 22.5. The second-order valence-corrected chi connectivity index (χ2v) is 8.21. The highest BCUT2D eigenvalue weighted by molar-refractivity contribution is 7.98. The van der Waals surface area contributed by atoms with E-state index in [1.165, 1.54) is 7.05 Å². The molecule has 7 nitrogen and oxygen atoms in total. The molecule has 0 saturated carbocycles. The Hall–Kier alpha value is -3.26. The van der Waals surface area contributed by atoms with E-state index in [0.717, 1.165) is 22.4 Å². The van der Waals surface area contributed by atoms with Crippen molar-refractivity contribution in [3.05, 3.63) is 65.2 Å². The Balaban J connectivity index is 1.91. The van der Waals surface area contributed by atoms with E-state index in [1.807, 2.05) is 30.5 Å². The molecule has 8 heteroatoms. The molecule has 0 fully saturated rings. The molecule has 0 radical (unpaired) electrons. The number of nitrogen functional groups attached to an aromatic ring is 1. The van der Waals surface area contributed by atoms with Crippen LogP contribution in [0.2, 0.25) is 0 Å². The van der Waals surface area contributed by atoms with Gasteiger partial charge in [0.1, 0.15) is 0 Å². The van der Waals surface area contributed by atoms with Crippen LogP contribution >= 0.6 is 11.8 Å². The molecule has 1 heterocycles. The van der Waals surface area contributed by atoms with E-state index in [-0.39, 0.29) is 24.3 Å². The van der Waals surface area contributed by atoms with Crippen molar-refractivity contribution in [2.45, 2.75) is 6.54 Å². The van der Waals surface area contributed by atoms with Crippen molar-refractivity contribution in [1.82, 2.24) is 15.5 Å². The maximum atomic E-state index is 13.0. The highest BCUT2D eigenvalue weighted by Crippen LogP contribution is 2.36. The summed E-state index contributed by atoms with van der Waals surface area (Å²) in [4.78, 5) is 38.8. The number of benzene rings is 2. The molecule has 162 valence electrons. The number of fused-ring (bicyclic) bond motifs is 1. The highest BCUT2D eigenvalue weighted by atomic mass is 32.2. The average Bonchev–Trinajstić information content (AvgIpc) is 3.10. The van der Waals surface area contributed by atoms with Crippen LogP contribution in [0.15, 0.2) is 48.6 Å². The molecule has 3 amide bonds. The van der Waals surface area contributed by atoms with Gasteiger partial charge < -0.3 is 21.3 Å². The Kier molecular flexibility index (Phi) is 7.02. The quantitative estimate of drug-likeness (QED) is 0.333. The molecule has 0 spiro atoms. The molecule has 2 aromatic carbocycles. The van der Waals surface area contributed by atoms with Gasteiger partial charge in [-0.25, -0.2) is 0 Å². The second kappa shape index (κ2) is 9.70. The van der Waals surface area contributed by atoms with Gasteiger partial charge in [-0.15, -0.1) is 0 Å². The van der Waals surface area contributed by atoms with E-state index in [0.29, 0.717) is 35.5 Å². The van der Waals surface area contributed by atoms with Crippen molar-refractivity contribution >= 4 is 35.2 Å². The van der Waals surface area contributed by atoms with Crippen molar-refractivity contribution in [3.8, 4) is 11.1 Å². The first-order chi connectivity index (χ1) is 14.9. The molecule has 0 unspecified atom stereocenters. The molecule has 0 atom stereocenters. The van der Waals surface area contributed by atoms with Crippen LogP contribution in [0.3, 0.4) is 0 Å². The minimum atomic E-state index is -0.308. The Labute approximate surface area is 186 Å². The molecular formula is C23H26N4O3S. The first-order valence-corrected chi connectivity index (χ1v) is 11.2. The largest absolute Gasteiger partial charge is 0.398 e. The molecule has 1 aliphatic rings. The number of carbonyl (C=O) groups is 3. The standard InChI is InChI=1S/C23H26N4O3S/c1-14(21(28)25-2)12-27-13-18-17(7-8-19(24)20(18)23(27)30)15-5-4-6-16(11-15)22(29)26-9-10-31-3/h4-8,11H,1,9-10,12-13,24H2,2-3H3,(H,25,28)(H,26,29). The summed E-state index contributed by atoms with van der Waals surface area (Å²) in [5, 5.41) is 5.42. The van der Waals surface area contributed by atoms with Gasteiger partial charge in [0.15, 0.2) is 0 Å². The third-order valence-electron chi connectivity index (χ3n) is 5.15. The number of hydrogen-bond acceptors (Lipinski definition) is 5. The minimum Gasteiger partial charge on any atom is -0.398 e. The minimum absolute atomic E-state index is 0.115. The summed E-state index contributed by atoms with van der Waals surface area (Å²) in [5.74, 6) is 0.168. The van der Waals surface area contributed by atoms with Crippen molar-refractivity contribution in [3.63, 3.8) is 0 Å². The Morgan fingerprint density at radius 3 is 2.74 bits per heavy atom. The predicted octanol–water partition coefficient (Wildman–Crippen LogP) is 2.29. The van der Waals surface area contributed by atoms with Crippen LogP contribution in [0.5, 0.6) is 0 Å². The van der Waals surface area contributed by atoms with Crippen LogP contribution in [0, 0.1) is 0 Å². The first kappa shape index (κ1) is 22.4. The molecule has 0 bridgehead atoms. The fourth-order valence-electron chi connectivity index (χ4n) is 3.58.